The minimum Gasteiger partial charge on any atom is -0.308 e. The molecule has 0 aromatic carbocycles. The van der Waals surface area contributed by atoms with E-state index in [4.69, 9.17) is 16.6 Å². The van der Waals surface area contributed by atoms with Crippen LogP contribution in [0.1, 0.15) is 55.5 Å². The molecule has 3 unspecified atom stereocenters. The van der Waals surface area contributed by atoms with Crippen molar-refractivity contribution in [1.29, 1.82) is 0 Å². The fourth-order valence-corrected chi connectivity index (χ4v) is 4.49. The fourth-order valence-electron chi connectivity index (χ4n) is 3.52. The van der Waals surface area contributed by atoms with Gasteiger partial charge in [-0.3, -0.25) is 4.68 Å². The molecule has 0 N–H and O–H groups in total. The molecule has 0 spiro atoms. The molecule has 1 aliphatic carbocycles. The molecular formula is C15H23ClN4S. The molecule has 116 valence electrons. The number of thioether (sulfide) groups is 1. The van der Waals surface area contributed by atoms with E-state index in [9.17, 15) is 0 Å². The van der Waals surface area contributed by atoms with E-state index in [0.29, 0.717) is 6.04 Å². The second kappa shape index (κ2) is 5.84. The molecule has 6 heteroatoms. The Morgan fingerprint density at radius 3 is 2.81 bits per heavy atom. The average Bonchev–Trinajstić information content (AvgIpc) is 2.98. The van der Waals surface area contributed by atoms with Crippen LogP contribution < -0.4 is 0 Å². The van der Waals surface area contributed by atoms with Crippen LogP contribution in [0.2, 0.25) is 0 Å². The van der Waals surface area contributed by atoms with Crippen molar-refractivity contribution in [3.63, 3.8) is 0 Å². The second-order valence-electron chi connectivity index (χ2n) is 6.02. The summed E-state index contributed by atoms with van der Waals surface area (Å²) in [6.45, 7) is 4.03. The van der Waals surface area contributed by atoms with Crippen LogP contribution in [-0.2, 0) is 7.05 Å². The highest BCUT2D eigenvalue weighted by atomic mass is 35.5. The van der Waals surface area contributed by atoms with Gasteiger partial charge in [-0.25, -0.2) is 4.98 Å². The maximum absolute atomic E-state index is 6.41. The topological polar surface area (TPSA) is 35.6 Å². The lowest BCUT2D eigenvalue weighted by Crippen LogP contribution is -2.23. The first-order valence-corrected chi connectivity index (χ1v) is 9.33. The maximum Gasteiger partial charge on any atom is 0.158 e. The van der Waals surface area contributed by atoms with Gasteiger partial charge in [0.05, 0.1) is 11.1 Å². The Morgan fingerprint density at radius 2 is 2.14 bits per heavy atom. The molecule has 1 fully saturated rings. The van der Waals surface area contributed by atoms with E-state index in [1.807, 2.05) is 37.3 Å². The summed E-state index contributed by atoms with van der Waals surface area (Å²) in [5.74, 6) is 0.995. The number of aryl methyl sites for hydroxylation is 2. The highest BCUT2D eigenvalue weighted by Crippen LogP contribution is 2.38. The Morgan fingerprint density at radius 1 is 1.38 bits per heavy atom. The van der Waals surface area contributed by atoms with Crippen molar-refractivity contribution in [3.05, 3.63) is 11.5 Å². The van der Waals surface area contributed by atoms with Crippen LogP contribution in [0.5, 0.6) is 0 Å². The number of alkyl halides is 1. The Bertz CT molecular complexity index is 646. The van der Waals surface area contributed by atoms with E-state index in [1.54, 1.807) is 0 Å². The van der Waals surface area contributed by atoms with Gasteiger partial charge in [0.25, 0.3) is 0 Å². The third-order valence-corrected chi connectivity index (χ3v) is 5.81. The van der Waals surface area contributed by atoms with E-state index < -0.39 is 0 Å². The van der Waals surface area contributed by atoms with Gasteiger partial charge in [-0.05, 0) is 39.4 Å². The van der Waals surface area contributed by atoms with Gasteiger partial charge < -0.3 is 4.57 Å². The van der Waals surface area contributed by atoms with Gasteiger partial charge in [0.15, 0.2) is 5.65 Å². The summed E-state index contributed by atoms with van der Waals surface area (Å²) < 4.78 is 4.33. The van der Waals surface area contributed by atoms with Crippen molar-refractivity contribution in [2.75, 3.05) is 6.26 Å². The van der Waals surface area contributed by atoms with Crippen molar-refractivity contribution >= 4 is 34.5 Å². The fraction of sp³-hybridized carbons (Fsp3) is 0.733. The molecule has 0 bridgehead atoms. The average molecular weight is 327 g/mol. The number of fused-ring (bicyclic) bond motifs is 1. The number of nitrogens with zero attached hydrogens (tertiary/aromatic N) is 4. The van der Waals surface area contributed by atoms with Gasteiger partial charge in [0.2, 0.25) is 0 Å². The van der Waals surface area contributed by atoms with Gasteiger partial charge >= 0.3 is 0 Å². The Labute approximate surface area is 135 Å². The summed E-state index contributed by atoms with van der Waals surface area (Å²) in [5.41, 5.74) is 3.12. The monoisotopic (exact) mass is 326 g/mol. The lowest BCUT2D eigenvalue weighted by molar-refractivity contribution is 0.356. The van der Waals surface area contributed by atoms with E-state index >= 15 is 0 Å². The van der Waals surface area contributed by atoms with Crippen molar-refractivity contribution in [2.24, 2.45) is 7.05 Å². The standard InChI is InChI=1S/C15H23ClN4S/c1-9(16)14-17-13-10(2)18-19(3)15(13)20(14)11-6-5-7-12(8-11)21-4/h9,11-12H,5-8H2,1-4H3. The van der Waals surface area contributed by atoms with Crippen molar-refractivity contribution in [1.82, 2.24) is 19.3 Å². The Hall–Kier alpha value is -0.680. The maximum atomic E-state index is 6.41. The Kier molecular flexibility index (Phi) is 4.23. The smallest absolute Gasteiger partial charge is 0.158 e. The second-order valence-corrected chi connectivity index (χ2v) is 7.81. The molecule has 0 aliphatic heterocycles. The van der Waals surface area contributed by atoms with Crippen molar-refractivity contribution in [3.8, 4) is 0 Å². The molecule has 2 aromatic heterocycles. The quantitative estimate of drug-likeness (QED) is 0.792. The van der Waals surface area contributed by atoms with Gasteiger partial charge in [0.1, 0.15) is 11.3 Å². The zero-order chi connectivity index (χ0) is 15.1. The largest absolute Gasteiger partial charge is 0.308 e. The number of halogens is 1. The summed E-state index contributed by atoms with van der Waals surface area (Å²) in [7, 11) is 2.01. The summed E-state index contributed by atoms with van der Waals surface area (Å²) in [4.78, 5) is 4.80. The summed E-state index contributed by atoms with van der Waals surface area (Å²) >= 11 is 8.40. The zero-order valence-corrected chi connectivity index (χ0v) is 14.7. The number of rotatable bonds is 3. The molecule has 0 amide bonds. The zero-order valence-electron chi connectivity index (χ0n) is 13.1. The van der Waals surface area contributed by atoms with E-state index in [0.717, 1.165) is 27.9 Å². The third kappa shape index (κ3) is 2.59. The van der Waals surface area contributed by atoms with Crippen molar-refractivity contribution in [2.45, 2.75) is 56.2 Å². The highest BCUT2D eigenvalue weighted by Gasteiger charge is 2.29. The van der Waals surface area contributed by atoms with Crippen LogP contribution in [0.3, 0.4) is 0 Å². The minimum atomic E-state index is -0.0774. The van der Waals surface area contributed by atoms with Gasteiger partial charge in [-0.15, -0.1) is 11.6 Å². The first-order chi connectivity index (χ1) is 10.0. The van der Waals surface area contributed by atoms with Crippen LogP contribution in [0.4, 0.5) is 0 Å². The van der Waals surface area contributed by atoms with Gasteiger partial charge in [0, 0.05) is 18.3 Å². The molecule has 21 heavy (non-hydrogen) atoms. The van der Waals surface area contributed by atoms with Crippen molar-refractivity contribution < 1.29 is 0 Å². The van der Waals surface area contributed by atoms with E-state index in [1.165, 1.54) is 25.7 Å². The molecule has 4 nitrogen and oxygen atoms in total. The molecule has 1 saturated carbocycles. The molecule has 3 rings (SSSR count). The molecule has 0 radical (unpaired) electrons. The molecule has 0 saturated heterocycles. The molecular weight excluding hydrogens is 304 g/mol. The number of aromatic nitrogens is 4. The van der Waals surface area contributed by atoms with Crippen LogP contribution >= 0.6 is 23.4 Å². The molecule has 2 aromatic rings. The summed E-state index contributed by atoms with van der Waals surface area (Å²) in [5, 5.41) is 5.20. The first-order valence-electron chi connectivity index (χ1n) is 7.61. The van der Waals surface area contributed by atoms with Gasteiger partial charge in [-0.1, -0.05) is 6.42 Å². The van der Waals surface area contributed by atoms with E-state index in [2.05, 4.69) is 15.9 Å². The van der Waals surface area contributed by atoms with Gasteiger partial charge in [-0.2, -0.15) is 16.9 Å². The van der Waals surface area contributed by atoms with Crippen LogP contribution in [0.25, 0.3) is 11.2 Å². The molecule has 3 atom stereocenters. The number of imidazole rings is 1. The van der Waals surface area contributed by atoms with Crippen LogP contribution in [0.15, 0.2) is 0 Å². The van der Waals surface area contributed by atoms with E-state index in [-0.39, 0.29) is 5.38 Å². The summed E-state index contributed by atoms with van der Waals surface area (Å²) in [6, 6.07) is 0.493. The van der Waals surface area contributed by atoms with Crippen LogP contribution in [0, 0.1) is 6.92 Å². The molecule has 1 aliphatic rings. The highest BCUT2D eigenvalue weighted by molar-refractivity contribution is 7.99. The van der Waals surface area contributed by atoms with Crippen LogP contribution in [-0.4, -0.2) is 30.8 Å². The number of hydrogen-bond donors (Lipinski definition) is 0. The Balaban J connectivity index is 2.12. The predicted octanol–water partition coefficient (Wildman–Crippen LogP) is 4.22. The first kappa shape index (κ1) is 15.2. The predicted molar refractivity (Wildman–Crippen MR) is 90.3 cm³/mol. The molecule has 2 heterocycles. The normalized spacial score (nSPS) is 24.6. The lowest BCUT2D eigenvalue weighted by atomic mass is 9.94. The third-order valence-electron chi connectivity index (χ3n) is 4.52. The summed E-state index contributed by atoms with van der Waals surface area (Å²) in [6.07, 6.45) is 7.24. The SMILES string of the molecule is CSC1CCCC(n2c(C(C)Cl)nc3c(C)nn(C)c32)C1. The minimum absolute atomic E-state index is 0.0774. The lowest BCUT2D eigenvalue weighted by Gasteiger charge is -2.30. The number of hydrogen-bond acceptors (Lipinski definition) is 3.